The van der Waals surface area contributed by atoms with E-state index in [0.717, 1.165) is 64.2 Å². The van der Waals surface area contributed by atoms with Crippen molar-refractivity contribution in [3.05, 3.63) is 12.2 Å². The first kappa shape index (κ1) is 34.0. The van der Waals surface area contributed by atoms with Gasteiger partial charge in [0.15, 0.2) is 0 Å². The molecule has 8 heteroatoms. The van der Waals surface area contributed by atoms with E-state index >= 15 is 0 Å². The summed E-state index contributed by atoms with van der Waals surface area (Å²) in [6.07, 6.45) is 9.23. The summed E-state index contributed by atoms with van der Waals surface area (Å²) < 4.78 is 11.7. The second kappa shape index (κ2) is 11.7. The van der Waals surface area contributed by atoms with Crippen molar-refractivity contribution in [3.8, 4) is 0 Å². The third-order valence-corrected chi connectivity index (χ3v) is 14.8. The van der Waals surface area contributed by atoms with Gasteiger partial charge in [-0.3, -0.25) is 19.2 Å². The summed E-state index contributed by atoms with van der Waals surface area (Å²) in [4.78, 5) is 47.1. The zero-order chi connectivity index (χ0) is 33.2. The number of fused-ring (bicyclic) bond motifs is 7. The van der Waals surface area contributed by atoms with Crippen LogP contribution in [0.15, 0.2) is 12.2 Å². The standard InChI is InChI=1S/C37H56O8/c1-22(2)23-12-17-37(21-44-30(42)11-10-28(38)39)19-18-35(6)24(32(23)37)8-9-26-34(5)15-14-27(45-31(43)20-29(40)41)33(3,4)25(34)13-16-36(26,35)7/h23-27,32H,1,8-21H2,2-7H3,(H,38,39)(H,40,41)/t23-,24+,25-,26+,27-,32+,34-,35+,36+,37+/m0/s1. The summed E-state index contributed by atoms with van der Waals surface area (Å²) in [7, 11) is 0. The quantitative estimate of drug-likeness (QED) is 0.153. The fraction of sp³-hybridized carbons (Fsp3) is 0.838. The van der Waals surface area contributed by atoms with E-state index in [2.05, 4.69) is 48.1 Å². The molecule has 45 heavy (non-hydrogen) atoms. The van der Waals surface area contributed by atoms with Crippen molar-refractivity contribution in [2.24, 2.45) is 56.7 Å². The molecule has 0 spiro atoms. The number of ether oxygens (including phenoxy) is 2. The number of allylic oxidation sites excluding steroid dienone is 1. The Labute approximate surface area is 269 Å². The van der Waals surface area contributed by atoms with Crippen LogP contribution in [0.4, 0.5) is 0 Å². The maximum atomic E-state index is 12.6. The van der Waals surface area contributed by atoms with Gasteiger partial charge in [0, 0.05) is 10.8 Å². The molecule has 0 aromatic carbocycles. The number of rotatable bonds is 9. The monoisotopic (exact) mass is 628 g/mol. The molecule has 5 aliphatic rings. The molecule has 5 saturated carbocycles. The molecule has 2 N–H and O–H groups in total. The molecule has 0 aromatic heterocycles. The molecule has 0 unspecified atom stereocenters. The number of aliphatic carboxylic acids is 2. The molecular formula is C37H56O8. The van der Waals surface area contributed by atoms with Gasteiger partial charge in [-0.2, -0.15) is 0 Å². The third-order valence-electron chi connectivity index (χ3n) is 14.8. The molecule has 0 radical (unpaired) electrons. The minimum absolute atomic E-state index is 0.0865. The number of carbonyl (C=O) groups is 4. The SMILES string of the molecule is C=C(C)[C@@H]1CC[C@]2(COC(=O)CCC(=O)O)CC[C@]3(C)[C@H](CC[C@@H]4[C@@]5(C)CC[C@H](OC(=O)CC(=O)O)C(C)(C)[C@@H]5CC[C@]43C)[C@@H]12. The van der Waals surface area contributed by atoms with E-state index in [1.165, 1.54) is 5.57 Å². The molecular weight excluding hydrogens is 572 g/mol. The van der Waals surface area contributed by atoms with E-state index in [-0.39, 0.29) is 46.0 Å². The molecule has 0 saturated heterocycles. The first-order valence-electron chi connectivity index (χ1n) is 17.4. The Hall–Kier alpha value is -2.38. The first-order chi connectivity index (χ1) is 20.9. The van der Waals surface area contributed by atoms with Gasteiger partial charge < -0.3 is 19.7 Å². The summed E-state index contributed by atoms with van der Waals surface area (Å²) in [5.41, 5.74) is 1.25. The molecule has 0 bridgehead atoms. The van der Waals surface area contributed by atoms with E-state index in [1.54, 1.807) is 0 Å². The Balaban J connectivity index is 1.40. The first-order valence-corrected chi connectivity index (χ1v) is 17.4. The second-order valence-electron chi connectivity index (χ2n) is 17.0. The Morgan fingerprint density at radius 1 is 0.756 bits per heavy atom. The maximum Gasteiger partial charge on any atom is 0.317 e. The van der Waals surface area contributed by atoms with Crippen LogP contribution in [0.2, 0.25) is 0 Å². The smallest absolute Gasteiger partial charge is 0.317 e. The average Bonchev–Trinajstić information content (AvgIpc) is 3.32. The van der Waals surface area contributed by atoms with Crippen LogP contribution in [-0.4, -0.2) is 46.8 Å². The van der Waals surface area contributed by atoms with Crippen molar-refractivity contribution in [2.75, 3.05) is 6.61 Å². The molecule has 10 atom stereocenters. The van der Waals surface area contributed by atoms with Crippen molar-refractivity contribution in [3.63, 3.8) is 0 Å². The molecule has 0 aromatic rings. The van der Waals surface area contributed by atoms with Crippen LogP contribution >= 0.6 is 0 Å². The van der Waals surface area contributed by atoms with Crippen molar-refractivity contribution in [2.45, 2.75) is 131 Å². The average molecular weight is 629 g/mol. The number of hydrogen-bond donors (Lipinski definition) is 2. The summed E-state index contributed by atoms with van der Waals surface area (Å²) in [5, 5.41) is 18.2. The fourth-order valence-electron chi connectivity index (χ4n) is 12.6. The lowest BCUT2D eigenvalue weighted by molar-refractivity contribution is -0.252. The van der Waals surface area contributed by atoms with Crippen LogP contribution < -0.4 is 0 Å². The maximum absolute atomic E-state index is 12.6. The molecule has 5 fully saturated rings. The van der Waals surface area contributed by atoms with Gasteiger partial charge in [0.05, 0.1) is 19.4 Å². The lowest BCUT2D eigenvalue weighted by Crippen LogP contribution is -2.67. The Bertz CT molecular complexity index is 1240. The van der Waals surface area contributed by atoms with Gasteiger partial charge >= 0.3 is 23.9 Å². The van der Waals surface area contributed by atoms with Crippen LogP contribution in [0.5, 0.6) is 0 Å². The molecule has 8 nitrogen and oxygen atoms in total. The topological polar surface area (TPSA) is 127 Å². The Morgan fingerprint density at radius 2 is 1.47 bits per heavy atom. The predicted octanol–water partition coefficient (Wildman–Crippen LogP) is 7.44. The molecule has 5 aliphatic carbocycles. The van der Waals surface area contributed by atoms with Gasteiger partial charge in [-0.05, 0) is 117 Å². The van der Waals surface area contributed by atoms with Crippen molar-refractivity contribution in [1.82, 2.24) is 0 Å². The second-order valence-corrected chi connectivity index (χ2v) is 17.0. The number of carboxylic acid groups (broad SMARTS) is 2. The largest absolute Gasteiger partial charge is 0.481 e. The highest BCUT2D eigenvalue weighted by Gasteiger charge is 2.71. The van der Waals surface area contributed by atoms with E-state index < -0.39 is 30.3 Å². The van der Waals surface area contributed by atoms with Crippen LogP contribution in [-0.2, 0) is 28.7 Å². The molecule has 252 valence electrons. The van der Waals surface area contributed by atoms with Gasteiger partial charge in [-0.1, -0.05) is 46.8 Å². The Kier molecular flexibility index (Phi) is 8.83. The highest BCUT2D eigenvalue weighted by Crippen LogP contribution is 2.77. The fourth-order valence-corrected chi connectivity index (χ4v) is 12.6. The van der Waals surface area contributed by atoms with Gasteiger partial charge in [0.2, 0.25) is 0 Å². The van der Waals surface area contributed by atoms with Crippen LogP contribution in [0.25, 0.3) is 0 Å². The predicted molar refractivity (Wildman–Crippen MR) is 169 cm³/mol. The third kappa shape index (κ3) is 5.44. The highest BCUT2D eigenvalue weighted by atomic mass is 16.5. The Morgan fingerprint density at radius 3 is 2.11 bits per heavy atom. The normalized spacial score (nSPS) is 43.1. The van der Waals surface area contributed by atoms with Crippen LogP contribution in [0.1, 0.15) is 125 Å². The number of carbonyl (C=O) groups excluding carboxylic acids is 2. The van der Waals surface area contributed by atoms with Crippen molar-refractivity contribution in [1.29, 1.82) is 0 Å². The zero-order valence-corrected chi connectivity index (χ0v) is 28.4. The highest BCUT2D eigenvalue weighted by molar-refractivity contribution is 5.90. The van der Waals surface area contributed by atoms with E-state index in [4.69, 9.17) is 19.7 Å². The number of carboxylic acids is 2. The summed E-state index contributed by atoms with van der Waals surface area (Å²) in [5.74, 6) is -0.986. The van der Waals surface area contributed by atoms with E-state index in [1.807, 2.05) is 0 Å². The van der Waals surface area contributed by atoms with Gasteiger partial charge in [0.1, 0.15) is 12.5 Å². The van der Waals surface area contributed by atoms with Gasteiger partial charge in [-0.25, -0.2) is 0 Å². The molecule has 0 heterocycles. The van der Waals surface area contributed by atoms with Crippen molar-refractivity contribution < 1.29 is 38.9 Å². The lowest BCUT2D eigenvalue weighted by atomic mass is 9.32. The zero-order valence-electron chi connectivity index (χ0n) is 28.4. The van der Waals surface area contributed by atoms with E-state index in [0.29, 0.717) is 36.2 Å². The summed E-state index contributed by atoms with van der Waals surface area (Å²) >= 11 is 0. The summed E-state index contributed by atoms with van der Waals surface area (Å²) in [6.45, 7) is 19.1. The minimum Gasteiger partial charge on any atom is -0.481 e. The van der Waals surface area contributed by atoms with Crippen LogP contribution in [0, 0.1) is 56.7 Å². The molecule has 0 amide bonds. The molecule has 0 aliphatic heterocycles. The van der Waals surface area contributed by atoms with Gasteiger partial charge in [0.25, 0.3) is 0 Å². The van der Waals surface area contributed by atoms with Crippen molar-refractivity contribution >= 4 is 23.9 Å². The van der Waals surface area contributed by atoms with E-state index in [9.17, 15) is 19.2 Å². The lowest BCUT2D eigenvalue weighted by Gasteiger charge is -2.73. The summed E-state index contributed by atoms with van der Waals surface area (Å²) in [6, 6.07) is 0. The number of hydrogen-bond acceptors (Lipinski definition) is 6. The minimum atomic E-state index is -1.15. The van der Waals surface area contributed by atoms with Crippen LogP contribution in [0.3, 0.4) is 0 Å². The molecule has 5 rings (SSSR count). The van der Waals surface area contributed by atoms with Gasteiger partial charge in [-0.15, -0.1) is 0 Å². The number of esters is 2.